The summed E-state index contributed by atoms with van der Waals surface area (Å²) in [6.45, 7) is 2.31. The molecule has 88 valence electrons. The van der Waals surface area contributed by atoms with Crippen LogP contribution in [0.3, 0.4) is 0 Å². The molecule has 16 heavy (non-hydrogen) atoms. The molecule has 1 amide bonds. The average molecular weight is 242 g/mol. The van der Waals surface area contributed by atoms with Crippen LogP contribution in [0, 0.1) is 0 Å². The van der Waals surface area contributed by atoms with Gasteiger partial charge in [0.1, 0.15) is 6.10 Å². The first-order chi connectivity index (χ1) is 7.63. The van der Waals surface area contributed by atoms with E-state index in [1.165, 1.54) is 7.11 Å². The molecule has 0 aliphatic rings. The average Bonchev–Trinajstić information content (AvgIpc) is 2.28. The lowest BCUT2D eigenvalue weighted by Crippen LogP contribution is -2.35. The molecule has 1 aromatic rings. The van der Waals surface area contributed by atoms with Gasteiger partial charge >= 0.3 is 0 Å². The summed E-state index contributed by atoms with van der Waals surface area (Å²) in [5.41, 5.74) is 1.11. The molecule has 1 atom stereocenters. The number of hydrogen-bond acceptors (Lipinski definition) is 2. The van der Waals surface area contributed by atoms with Gasteiger partial charge in [0.2, 0.25) is 5.91 Å². The highest BCUT2D eigenvalue weighted by molar-refractivity contribution is 6.30. The normalized spacial score (nSPS) is 12.2. The summed E-state index contributed by atoms with van der Waals surface area (Å²) >= 11 is 5.85. The summed E-state index contributed by atoms with van der Waals surface area (Å²) in [5, 5.41) is 3.51. The predicted molar refractivity (Wildman–Crippen MR) is 64.6 cm³/mol. The first-order valence-electron chi connectivity index (χ1n) is 5.18. The molecule has 0 radical (unpaired) electrons. The summed E-state index contributed by atoms with van der Waals surface area (Å²) in [5.74, 6) is -0.0930. The third-order valence-corrected chi connectivity index (χ3v) is 2.56. The largest absolute Gasteiger partial charge is 0.372 e. The van der Waals surface area contributed by atoms with Crippen molar-refractivity contribution >= 4 is 17.5 Å². The van der Waals surface area contributed by atoms with Crippen LogP contribution in [0.25, 0.3) is 0 Å². The molecular weight excluding hydrogens is 226 g/mol. The van der Waals surface area contributed by atoms with Crippen LogP contribution < -0.4 is 5.32 Å². The number of methoxy groups -OCH3 is 1. The van der Waals surface area contributed by atoms with Gasteiger partial charge in [0.05, 0.1) is 0 Å². The molecule has 0 fully saturated rings. The second-order valence-corrected chi connectivity index (χ2v) is 3.99. The van der Waals surface area contributed by atoms with E-state index in [4.69, 9.17) is 16.3 Å². The number of halogens is 1. The molecule has 0 aliphatic heterocycles. The molecule has 0 bridgehead atoms. The number of carbonyl (C=O) groups excluding carboxylic acids is 1. The molecule has 1 aromatic carbocycles. The van der Waals surface area contributed by atoms with Gasteiger partial charge in [0.25, 0.3) is 0 Å². The number of hydrogen-bond donors (Lipinski definition) is 1. The Morgan fingerprint density at radius 1 is 1.56 bits per heavy atom. The zero-order valence-corrected chi connectivity index (χ0v) is 10.3. The lowest BCUT2D eigenvalue weighted by molar-refractivity contribution is -0.129. The van der Waals surface area contributed by atoms with Gasteiger partial charge in [-0.15, -0.1) is 0 Å². The maximum atomic E-state index is 11.4. The molecule has 1 rings (SSSR count). The Morgan fingerprint density at radius 3 is 2.94 bits per heavy atom. The molecule has 0 aromatic heterocycles. The topological polar surface area (TPSA) is 38.3 Å². The predicted octanol–water partition coefficient (Wildman–Crippen LogP) is 2.03. The highest BCUT2D eigenvalue weighted by atomic mass is 35.5. The van der Waals surface area contributed by atoms with Gasteiger partial charge in [0.15, 0.2) is 0 Å². The Hall–Kier alpha value is -1.06. The second kappa shape index (κ2) is 6.51. The highest BCUT2D eigenvalue weighted by Gasteiger charge is 2.09. The van der Waals surface area contributed by atoms with Crippen molar-refractivity contribution in [3.05, 3.63) is 34.9 Å². The Labute approximate surface area is 101 Å². The van der Waals surface area contributed by atoms with Crippen molar-refractivity contribution in [2.24, 2.45) is 0 Å². The van der Waals surface area contributed by atoms with Gasteiger partial charge in [0, 0.05) is 18.7 Å². The van der Waals surface area contributed by atoms with Gasteiger partial charge in [-0.2, -0.15) is 0 Å². The van der Waals surface area contributed by atoms with Gasteiger partial charge in [-0.25, -0.2) is 0 Å². The Kier molecular flexibility index (Phi) is 5.29. The van der Waals surface area contributed by atoms with E-state index in [9.17, 15) is 4.79 Å². The van der Waals surface area contributed by atoms with E-state index in [0.717, 1.165) is 12.0 Å². The number of benzene rings is 1. The third kappa shape index (κ3) is 4.21. The van der Waals surface area contributed by atoms with Crippen molar-refractivity contribution < 1.29 is 9.53 Å². The van der Waals surface area contributed by atoms with Crippen molar-refractivity contribution in [2.45, 2.75) is 19.4 Å². The second-order valence-electron chi connectivity index (χ2n) is 3.55. The first-order valence-corrected chi connectivity index (χ1v) is 5.56. The number of carbonyl (C=O) groups is 1. The fourth-order valence-corrected chi connectivity index (χ4v) is 1.49. The summed E-state index contributed by atoms with van der Waals surface area (Å²) in [4.78, 5) is 11.4. The fraction of sp³-hybridized carbons (Fsp3) is 0.417. The smallest absolute Gasteiger partial charge is 0.248 e. The van der Waals surface area contributed by atoms with E-state index >= 15 is 0 Å². The van der Waals surface area contributed by atoms with Gasteiger partial charge < -0.3 is 10.1 Å². The van der Waals surface area contributed by atoms with Gasteiger partial charge in [-0.1, -0.05) is 23.7 Å². The summed E-state index contributed by atoms with van der Waals surface area (Å²) in [6.07, 6.45) is 0.363. The summed E-state index contributed by atoms with van der Waals surface area (Å²) < 4.78 is 4.90. The Balaban J connectivity index is 2.33. The van der Waals surface area contributed by atoms with E-state index in [-0.39, 0.29) is 5.91 Å². The molecule has 0 spiro atoms. The van der Waals surface area contributed by atoms with E-state index in [2.05, 4.69) is 5.32 Å². The van der Waals surface area contributed by atoms with Crippen LogP contribution in [-0.2, 0) is 16.0 Å². The number of amides is 1. The van der Waals surface area contributed by atoms with Crippen LogP contribution in [0.15, 0.2) is 24.3 Å². The van der Waals surface area contributed by atoms with E-state index in [1.807, 2.05) is 24.3 Å². The Morgan fingerprint density at radius 2 is 2.31 bits per heavy atom. The molecular formula is C12H16ClNO2. The van der Waals surface area contributed by atoms with Crippen molar-refractivity contribution in [1.29, 1.82) is 0 Å². The zero-order valence-electron chi connectivity index (χ0n) is 9.50. The summed E-state index contributed by atoms with van der Waals surface area (Å²) in [7, 11) is 1.52. The molecule has 3 nitrogen and oxygen atoms in total. The minimum Gasteiger partial charge on any atom is -0.372 e. The monoisotopic (exact) mass is 241 g/mol. The van der Waals surface area contributed by atoms with E-state index in [1.54, 1.807) is 6.92 Å². The number of ether oxygens (including phenoxy) is 1. The number of nitrogens with one attached hydrogen (secondary N) is 1. The molecule has 0 saturated carbocycles. The SMILES string of the molecule is CO[C@H](C)C(=O)NCCc1cccc(Cl)c1. The standard InChI is InChI=1S/C12H16ClNO2/c1-9(16-2)12(15)14-7-6-10-4-3-5-11(13)8-10/h3-5,8-9H,6-7H2,1-2H3,(H,14,15)/t9-/m1/s1. The van der Waals surface area contributed by atoms with E-state index < -0.39 is 6.10 Å². The van der Waals surface area contributed by atoms with Crippen LogP contribution in [0.4, 0.5) is 0 Å². The summed E-state index contributed by atoms with van der Waals surface area (Å²) in [6, 6.07) is 7.61. The molecule has 0 saturated heterocycles. The van der Waals surface area contributed by atoms with E-state index in [0.29, 0.717) is 11.6 Å². The maximum Gasteiger partial charge on any atom is 0.248 e. The van der Waals surface area contributed by atoms with Crippen molar-refractivity contribution in [3.8, 4) is 0 Å². The Bertz CT molecular complexity index is 355. The zero-order chi connectivity index (χ0) is 12.0. The van der Waals surface area contributed by atoms with Crippen LogP contribution in [0.5, 0.6) is 0 Å². The van der Waals surface area contributed by atoms with Gasteiger partial charge in [-0.05, 0) is 31.0 Å². The van der Waals surface area contributed by atoms with Crippen molar-refractivity contribution in [3.63, 3.8) is 0 Å². The highest BCUT2D eigenvalue weighted by Crippen LogP contribution is 2.10. The van der Waals surface area contributed by atoms with Crippen LogP contribution >= 0.6 is 11.6 Å². The number of rotatable bonds is 5. The molecule has 0 heterocycles. The van der Waals surface area contributed by atoms with Crippen molar-refractivity contribution in [2.75, 3.05) is 13.7 Å². The molecule has 0 unspecified atom stereocenters. The lowest BCUT2D eigenvalue weighted by atomic mass is 10.1. The fourth-order valence-electron chi connectivity index (χ4n) is 1.27. The lowest BCUT2D eigenvalue weighted by Gasteiger charge is -2.10. The molecule has 0 aliphatic carbocycles. The van der Waals surface area contributed by atoms with Crippen molar-refractivity contribution in [1.82, 2.24) is 5.32 Å². The molecule has 1 N–H and O–H groups in total. The van der Waals surface area contributed by atoms with Gasteiger partial charge in [-0.3, -0.25) is 4.79 Å². The minimum atomic E-state index is -0.403. The van der Waals surface area contributed by atoms with Crippen LogP contribution in [0.2, 0.25) is 5.02 Å². The molecule has 4 heteroatoms. The van der Waals surface area contributed by atoms with Crippen LogP contribution in [0.1, 0.15) is 12.5 Å². The minimum absolute atomic E-state index is 0.0930. The third-order valence-electron chi connectivity index (χ3n) is 2.32. The van der Waals surface area contributed by atoms with Crippen LogP contribution in [-0.4, -0.2) is 25.7 Å². The maximum absolute atomic E-state index is 11.4. The first kappa shape index (κ1) is 13.0. The quantitative estimate of drug-likeness (QED) is 0.857.